The lowest BCUT2D eigenvalue weighted by Gasteiger charge is -2.27. The van der Waals surface area contributed by atoms with Crippen molar-refractivity contribution in [2.45, 2.75) is 373 Å². The first-order valence-electron chi connectivity index (χ1n) is 48.0. The summed E-state index contributed by atoms with van der Waals surface area (Å²) in [6, 6.07) is 49.9. The molecule has 12 nitrogen and oxygen atoms in total. The van der Waals surface area contributed by atoms with E-state index in [1.165, 1.54) is 299 Å². The number of rotatable bonds is 62. The standard InChI is InChI=1S/C105H145BN6O6S/c1-5-9-13-17-21-25-29-32-35-39-43-47-51-58-85-61-54-64-89(77-85)115-92-70-69-88-83-111-104(98(88)80-92)109-102-96-75-71-94(117-91-66-56-63-87(79-91)60-53-49-45-41-37-34-31-27-23-19-15-11-7-3)82-100(96)103(108-102)110-105-97-76-72-93(116-90-65-55-62-86(78-90)59-52-48-44-40-36-33-30-26-22-18-14-10-6-2)81-99(97)101(107)112(105)106(111)118-119(113,114)95-73-67-84(68-74-95)57-50-46-42-38-28-24-20-16-12-8-4/h54-56,61-83,107H,5-53,57-60H2,1-4H3/b107-101?,109-102-,110-105-. The predicted molar refractivity (Wildman–Crippen MR) is 502 cm³/mol. The number of nitrogens with one attached hydrogen (secondary N) is 1. The van der Waals surface area contributed by atoms with E-state index in [2.05, 4.69) is 82.3 Å². The zero-order chi connectivity index (χ0) is 82.7. The summed E-state index contributed by atoms with van der Waals surface area (Å²) in [6.45, 7) is 9.12. The van der Waals surface area contributed by atoms with Crippen molar-refractivity contribution in [2.75, 3.05) is 0 Å². The van der Waals surface area contributed by atoms with Gasteiger partial charge in [0.1, 0.15) is 52.0 Å². The fraction of sp³-hybridized carbons (Fsp3) is 0.543. The molecule has 0 aliphatic carbocycles. The van der Waals surface area contributed by atoms with Crippen LogP contribution in [0.2, 0.25) is 0 Å². The molecule has 7 aromatic carbocycles. The monoisotopic (exact) mass is 1630 g/mol. The van der Waals surface area contributed by atoms with E-state index in [0.717, 1.165) is 80.2 Å². The third-order valence-corrected chi connectivity index (χ3v) is 25.9. The van der Waals surface area contributed by atoms with Crippen LogP contribution in [-0.2, 0) is 39.9 Å². The molecule has 4 heterocycles. The highest BCUT2D eigenvalue weighted by molar-refractivity contribution is 7.87. The quantitative estimate of drug-likeness (QED) is 0.0296. The molecule has 0 unspecified atom stereocenters. The lowest BCUT2D eigenvalue weighted by atomic mass is 9.97. The second kappa shape index (κ2) is 51.6. The zero-order valence-corrected chi connectivity index (χ0v) is 74.5. The van der Waals surface area contributed by atoms with Gasteiger partial charge in [-0.25, -0.2) is 15.0 Å². The van der Waals surface area contributed by atoms with Gasteiger partial charge in [-0.15, -0.1) is 0 Å². The van der Waals surface area contributed by atoms with Crippen molar-refractivity contribution in [1.29, 1.82) is 5.41 Å². The van der Waals surface area contributed by atoms with Crippen LogP contribution in [0.1, 0.15) is 387 Å². The molecule has 0 saturated carbocycles. The van der Waals surface area contributed by atoms with E-state index in [4.69, 9.17) is 33.3 Å². The van der Waals surface area contributed by atoms with Gasteiger partial charge in [0.05, 0.1) is 4.90 Å². The maximum Gasteiger partial charge on any atom is 0.576 e. The van der Waals surface area contributed by atoms with Crippen molar-refractivity contribution in [3.63, 3.8) is 0 Å². The number of hydrogen-bond acceptors (Lipinski definition) is 10. The minimum absolute atomic E-state index is 0.00114. The molecule has 8 aromatic rings. The minimum Gasteiger partial charge on any atom is -0.457 e. The first-order chi connectivity index (χ1) is 58.6. The van der Waals surface area contributed by atoms with Gasteiger partial charge in [0, 0.05) is 39.2 Å². The van der Waals surface area contributed by atoms with Crippen molar-refractivity contribution < 1.29 is 26.7 Å². The number of amidine groups is 4. The summed E-state index contributed by atoms with van der Waals surface area (Å²) in [5.41, 5.74) is 7.20. The Labute approximate surface area is 718 Å². The Morgan fingerprint density at radius 3 is 1.06 bits per heavy atom. The molecule has 0 fully saturated rings. The third-order valence-electron chi connectivity index (χ3n) is 24.7. The number of aromatic nitrogens is 1. The molecule has 0 radical (unpaired) electrons. The van der Waals surface area contributed by atoms with E-state index < -0.39 is 17.3 Å². The second-order valence-corrected chi connectivity index (χ2v) is 36.3. The van der Waals surface area contributed by atoms with E-state index >= 15 is 8.42 Å². The van der Waals surface area contributed by atoms with Gasteiger partial charge in [-0.2, -0.15) is 8.42 Å². The smallest absolute Gasteiger partial charge is 0.457 e. The van der Waals surface area contributed by atoms with Crippen LogP contribution in [0, 0.1) is 5.41 Å². The molecular formula is C105H145BN6O6S. The van der Waals surface area contributed by atoms with E-state index in [0.29, 0.717) is 68.1 Å². The van der Waals surface area contributed by atoms with Crippen molar-refractivity contribution in [1.82, 2.24) is 9.29 Å². The van der Waals surface area contributed by atoms with Gasteiger partial charge < -0.3 is 23.5 Å². The molecule has 2 bridgehead atoms. The third kappa shape index (κ3) is 29.9. The largest absolute Gasteiger partial charge is 0.576 e. The van der Waals surface area contributed by atoms with Crippen molar-refractivity contribution in [2.24, 2.45) is 15.0 Å². The number of aryl methyl sites for hydroxylation is 4. The van der Waals surface area contributed by atoms with E-state index in [9.17, 15) is 5.41 Å². The summed E-state index contributed by atoms with van der Waals surface area (Å²) < 4.78 is 60.0. The number of aliphatic imine (C=N–C) groups is 3. The Morgan fingerprint density at radius 2 is 0.655 bits per heavy atom. The summed E-state index contributed by atoms with van der Waals surface area (Å²) in [5, 5.41) is 11.9. The highest BCUT2D eigenvalue weighted by Gasteiger charge is 2.47. The lowest BCUT2D eigenvalue weighted by molar-refractivity contribution is 0.467. The van der Waals surface area contributed by atoms with Crippen LogP contribution in [0.3, 0.4) is 0 Å². The average molecular weight is 1630 g/mol. The Kier molecular flexibility index (Phi) is 39.8. The fourth-order valence-electron chi connectivity index (χ4n) is 17.5. The Hall–Kier alpha value is -8.07. The van der Waals surface area contributed by atoms with Gasteiger partial charge in [-0.05, 0) is 177 Å². The van der Waals surface area contributed by atoms with Gasteiger partial charge in [0.2, 0.25) is 0 Å². The Bertz CT molecular complexity index is 4560. The molecule has 0 amide bonds. The van der Waals surface area contributed by atoms with Crippen LogP contribution < -0.4 is 14.2 Å². The first kappa shape index (κ1) is 91.7. The van der Waals surface area contributed by atoms with Gasteiger partial charge in [0.15, 0.2) is 11.7 Å². The maximum absolute atomic E-state index is 15.5. The van der Waals surface area contributed by atoms with Gasteiger partial charge in [-0.3, -0.25) is 9.51 Å². The number of benzene rings is 7. The van der Waals surface area contributed by atoms with Crippen molar-refractivity contribution in [3.05, 3.63) is 202 Å². The second-order valence-electron chi connectivity index (χ2n) is 34.7. The SMILES string of the molecule is CCCCCCCCCCCCCCCc1cccc(Oc2ccc3c(c2)C2=NC/3=N\c3c4cc(Oc5cccc(CCCCCCCCCCCCCCC)c5)ccc4cn3B(OS(=O)(=O)c3ccc(CCCCCCCCCCCC)cc3)N3C(=N)c4cc(Oc5cccc(CCCCCCCCCCCCCCC)c5)ccc4/C3=N/2)c1. The minimum atomic E-state index is -4.62. The molecule has 119 heavy (non-hydrogen) atoms. The molecule has 14 heteroatoms. The molecule has 3 aliphatic rings. The van der Waals surface area contributed by atoms with Crippen LogP contribution >= 0.6 is 0 Å². The van der Waals surface area contributed by atoms with Gasteiger partial charge in [-0.1, -0.05) is 365 Å². The summed E-state index contributed by atoms with van der Waals surface area (Å²) in [4.78, 5) is 17.9. The highest BCUT2D eigenvalue weighted by Crippen LogP contribution is 2.42. The fourth-order valence-corrected chi connectivity index (χ4v) is 18.5. The summed E-state index contributed by atoms with van der Waals surface area (Å²) >= 11 is 0. The average Bonchev–Trinajstić information content (AvgIpc) is 1.57. The van der Waals surface area contributed by atoms with E-state index in [-0.39, 0.29) is 16.6 Å². The Balaban J connectivity index is 0.870. The summed E-state index contributed by atoms with van der Waals surface area (Å²) in [6.07, 6.45) is 69.4. The van der Waals surface area contributed by atoms with Gasteiger partial charge in [0.25, 0.3) is 10.1 Å². The van der Waals surface area contributed by atoms with Gasteiger partial charge >= 0.3 is 7.19 Å². The zero-order valence-electron chi connectivity index (χ0n) is 73.7. The van der Waals surface area contributed by atoms with E-state index in [1.807, 2.05) is 91.1 Å². The maximum atomic E-state index is 15.5. The molecular weight excluding hydrogens is 1480 g/mol. The molecule has 0 saturated heterocycles. The number of unbranched alkanes of at least 4 members (excludes halogenated alkanes) is 45. The predicted octanol–water partition coefficient (Wildman–Crippen LogP) is 31.6. The van der Waals surface area contributed by atoms with E-state index in [1.54, 1.807) is 21.4 Å². The number of ether oxygens (including phenoxy) is 3. The number of hydrogen-bond donors (Lipinski definition) is 1. The molecule has 11 rings (SSSR count). The summed E-state index contributed by atoms with van der Waals surface area (Å²) in [7, 11) is -6.21. The number of fused-ring (bicyclic) bond motifs is 10. The molecule has 3 aliphatic heterocycles. The number of nitrogens with zero attached hydrogens (tertiary/aromatic N) is 5. The first-order valence-corrected chi connectivity index (χ1v) is 49.4. The van der Waals surface area contributed by atoms with Crippen molar-refractivity contribution >= 4 is 57.2 Å². The lowest BCUT2D eigenvalue weighted by Crippen LogP contribution is -2.51. The van der Waals surface area contributed by atoms with Crippen LogP contribution in [0.4, 0.5) is 5.82 Å². The molecule has 640 valence electrons. The van der Waals surface area contributed by atoms with Crippen LogP contribution in [0.5, 0.6) is 34.5 Å². The van der Waals surface area contributed by atoms with Crippen LogP contribution in [-0.4, -0.2) is 48.2 Å². The normalized spacial score (nSPS) is 13.9. The molecule has 0 atom stereocenters. The molecule has 1 aromatic heterocycles. The van der Waals surface area contributed by atoms with Crippen LogP contribution in [0.25, 0.3) is 10.8 Å². The van der Waals surface area contributed by atoms with Crippen LogP contribution in [0.15, 0.2) is 178 Å². The molecule has 0 spiro atoms. The molecule has 1 N–H and O–H groups in total. The van der Waals surface area contributed by atoms with Crippen molar-refractivity contribution in [3.8, 4) is 34.5 Å². The topological polar surface area (TPSA) is 140 Å². The highest BCUT2D eigenvalue weighted by atomic mass is 32.2. The summed E-state index contributed by atoms with van der Waals surface area (Å²) in [5.74, 6) is 5.16. The Morgan fingerprint density at radius 1 is 0.319 bits per heavy atom.